The van der Waals surface area contributed by atoms with Crippen molar-refractivity contribution < 1.29 is 18.3 Å². The average Bonchev–Trinajstić information content (AvgIpc) is 2.53. The zero-order valence-electron chi connectivity index (χ0n) is 12.5. The molecule has 0 spiro atoms. The molecule has 1 saturated heterocycles. The van der Waals surface area contributed by atoms with Gasteiger partial charge in [0.1, 0.15) is 12.7 Å². The molecule has 0 radical (unpaired) electrons. The monoisotopic (exact) mass is 312 g/mol. The van der Waals surface area contributed by atoms with Gasteiger partial charge in [-0.25, -0.2) is 8.78 Å². The van der Waals surface area contributed by atoms with Crippen molar-refractivity contribution in [3.63, 3.8) is 0 Å². The van der Waals surface area contributed by atoms with Gasteiger partial charge in [0.05, 0.1) is 6.54 Å². The summed E-state index contributed by atoms with van der Waals surface area (Å²) in [6.07, 6.45) is -0.445. The Hall–Kier alpha value is -1.40. The third-order valence-electron chi connectivity index (χ3n) is 4.19. The Morgan fingerprint density at radius 2 is 1.91 bits per heavy atom. The number of benzene rings is 1. The number of halogens is 2. The van der Waals surface area contributed by atoms with Gasteiger partial charge in [0.25, 0.3) is 6.43 Å². The number of nitrogens with zero attached hydrogens (tertiary/aromatic N) is 1. The van der Waals surface area contributed by atoms with Gasteiger partial charge >= 0.3 is 0 Å². The van der Waals surface area contributed by atoms with Crippen LogP contribution >= 0.6 is 0 Å². The van der Waals surface area contributed by atoms with E-state index in [1.54, 1.807) is 0 Å². The molecule has 3 rings (SSSR count). The number of hydrogen-bond acceptors (Lipinski definition) is 4. The highest BCUT2D eigenvalue weighted by Gasteiger charge is 2.24. The molecule has 4 nitrogen and oxygen atoms in total. The minimum atomic E-state index is -2.24. The number of rotatable bonds is 5. The van der Waals surface area contributed by atoms with E-state index >= 15 is 0 Å². The van der Waals surface area contributed by atoms with Crippen molar-refractivity contribution >= 4 is 0 Å². The van der Waals surface area contributed by atoms with Gasteiger partial charge in [0, 0.05) is 12.6 Å². The molecule has 1 unspecified atom stereocenters. The molecule has 6 heteroatoms. The first-order valence-electron chi connectivity index (χ1n) is 7.83. The summed E-state index contributed by atoms with van der Waals surface area (Å²) >= 11 is 0. The number of piperidine rings is 1. The Morgan fingerprint density at radius 3 is 2.64 bits per heavy atom. The Bertz CT molecular complexity index is 479. The van der Waals surface area contributed by atoms with E-state index in [9.17, 15) is 8.78 Å². The topological polar surface area (TPSA) is 33.7 Å². The van der Waals surface area contributed by atoms with E-state index in [0.717, 1.165) is 37.4 Å². The highest BCUT2D eigenvalue weighted by Crippen LogP contribution is 2.30. The highest BCUT2D eigenvalue weighted by atomic mass is 19.3. The van der Waals surface area contributed by atoms with Gasteiger partial charge in [-0.3, -0.25) is 4.90 Å². The summed E-state index contributed by atoms with van der Waals surface area (Å²) in [6.45, 7) is 2.60. The minimum absolute atomic E-state index is 0.00556. The van der Waals surface area contributed by atoms with Crippen LogP contribution in [0.2, 0.25) is 0 Å². The fraction of sp³-hybridized carbons (Fsp3) is 0.625. The summed E-state index contributed by atoms with van der Waals surface area (Å²) in [5.74, 6) is 1.58. The average molecular weight is 312 g/mol. The molecule has 0 amide bonds. The summed E-state index contributed by atoms with van der Waals surface area (Å²) < 4.78 is 36.3. The van der Waals surface area contributed by atoms with Crippen molar-refractivity contribution in [1.82, 2.24) is 10.2 Å². The van der Waals surface area contributed by atoms with Crippen molar-refractivity contribution in [2.75, 3.05) is 32.8 Å². The first kappa shape index (κ1) is 15.5. The second-order valence-electron chi connectivity index (χ2n) is 5.87. The quantitative estimate of drug-likeness (QED) is 0.903. The summed E-state index contributed by atoms with van der Waals surface area (Å²) in [4.78, 5) is 1.83. The van der Waals surface area contributed by atoms with Gasteiger partial charge in [-0.2, -0.15) is 0 Å². The lowest BCUT2D eigenvalue weighted by molar-refractivity contribution is 0.0662. The molecule has 0 bridgehead atoms. The van der Waals surface area contributed by atoms with Crippen molar-refractivity contribution in [1.29, 1.82) is 0 Å². The first-order chi connectivity index (χ1) is 10.7. The van der Waals surface area contributed by atoms with Crippen molar-refractivity contribution in [3.8, 4) is 11.5 Å². The Balaban J connectivity index is 1.39. The zero-order valence-corrected chi connectivity index (χ0v) is 12.5. The number of nitrogens with one attached hydrogen (secondary N) is 1. The number of para-hydroxylation sites is 2. The van der Waals surface area contributed by atoms with Crippen molar-refractivity contribution in [2.45, 2.75) is 31.4 Å². The fourth-order valence-corrected chi connectivity index (χ4v) is 2.98. The normalized spacial score (nSPS) is 23.0. The molecule has 1 atom stereocenters. The molecule has 0 aromatic heterocycles. The third-order valence-corrected chi connectivity index (χ3v) is 4.19. The predicted octanol–water partition coefficient (Wildman–Crippen LogP) is 2.15. The van der Waals surface area contributed by atoms with Crippen LogP contribution in [0.25, 0.3) is 0 Å². The van der Waals surface area contributed by atoms with Crippen molar-refractivity contribution in [2.24, 2.45) is 0 Å². The SMILES string of the molecule is FC(F)CN1CCC(NCC2COc3ccccc3O2)CC1. The molecule has 1 aromatic rings. The smallest absolute Gasteiger partial charge is 0.251 e. The molecule has 1 N–H and O–H groups in total. The molecule has 2 aliphatic heterocycles. The zero-order chi connectivity index (χ0) is 15.4. The van der Waals surface area contributed by atoms with Crippen LogP contribution in [0.5, 0.6) is 11.5 Å². The molecule has 2 heterocycles. The van der Waals surface area contributed by atoms with Gasteiger partial charge in [-0.05, 0) is 38.1 Å². The van der Waals surface area contributed by atoms with Crippen LogP contribution in [0.3, 0.4) is 0 Å². The van der Waals surface area contributed by atoms with E-state index in [1.807, 2.05) is 29.2 Å². The number of likely N-dealkylation sites (tertiary alicyclic amines) is 1. The number of alkyl halides is 2. The Kier molecular flexibility index (Phi) is 5.10. The van der Waals surface area contributed by atoms with E-state index in [-0.39, 0.29) is 12.6 Å². The molecule has 122 valence electrons. The van der Waals surface area contributed by atoms with Gasteiger partial charge in [-0.1, -0.05) is 12.1 Å². The van der Waals surface area contributed by atoms with Gasteiger partial charge in [0.2, 0.25) is 0 Å². The second-order valence-corrected chi connectivity index (χ2v) is 5.87. The lowest BCUT2D eigenvalue weighted by Gasteiger charge is -2.33. The molecule has 22 heavy (non-hydrogen) atoms. The first-order valence-corrected chi connectivity index (χ1v) is 7.83. The van der Waals surface area contributed by atoms with Crippen LogP contribution in [-0.2, 0) is 0 Å². The molecule has 1 fully saturated rings. The lowest BCUT2D eigenvalue weighted by atomic mass is 10.0. The molecule has 1 aromatic carbocycles. The van der Waals surface area contributed by atoms with Crippen LogP contribution in [0.15, 0.2) is 24.3 Å². The number of hydrogen-bond donors (Lipinski definition) is 1. The van der Waals surface area contributed by atoms with Crippen LogP contribution in [-0.4, -0.2) is 56.3 Å². The minimum Gasteiger partial charge on any atom is -0.486 e. The van der Waals surface area contributed by atoms with E-state index in [1.165, 1.54) is 0 Å². The van der Waals surface area contributed by atoms with Crippen LogP contribution in [0, 0.1) is 0 Å². The van der Waals surface area contributed by atoms with Crippen LogP contribution in [0.4, 0.5) is 8.78 Å². The lowest BCUT2D eigenvalue weighted by Crippen LogP contribution is -2.47. The van der Waals surface area contributed by atoms with E-state index < -0.39 is 6.43 Å². The summed E-state index contributed by atoms with van der Waals surface area (Å²) in [5, 5.41) is 3.48. The Labute approximate surface area is 129 Å². The maximum atomic E-state index is 12.3. The maximum absolute atomic E-state index is 12.3. The summed E-state index contributed by atoms with van der Waals surface area (Å²) in [6, 6.07) is 8.03. The largest absolute Gasteiger partial charge is 0.486 e. The maximum Gasteiger partial charge on any atom is 0.251 e. The standard InChI is InChI=1S/C16H22F2N2O2/c17-16(18)10-20-7-5-12(6-8-20)19-9-13-11-21-14-3-1-2-4-15(14)22-13/h1-4,12-13,16,19H,5-11H2. The van der Waals surface area contributed by atoms with Crippen molar-refractivity contribution in [3.05, 3.63) is 24.3 Å². The van der Waals surface area contributed by atoms with Crippen LogP contribution in [0.1, 0.15) is 12.8 Å². The number of fused-ring (bicyclic) bond motifs is 1. The summed E-state index contributed by atoms with van der Waals surface area (Å²) in [7, 11) is 0. The predicted molar refractivity (Wildman–Crippen MR) is 79.8 cm³/mol. The second kappa shape index (κ2) is 7.24. The molecular formula is C16H22F2N2O2. The Morgan fingerprint density at radius 1 is 1.18 bits per heavy atom. The van der Waals surface area contributed by atoms with Gasteiger partial charge < -0.3 is 14.8 Å². The molecule has 0 aliphatic carbocycles. The van der Waals surface area contributed by atoms with E-state index in [0.29, 0.717) is 19.2 Å². The van der Waals surface area contributed by atoms with Gasteiger partial charge in [0.15, 0.2) is 11.5 Å². The molecule has 2 aliphatic rings. The third kappa shape index (κ3) is 4.08. The highest BCUT2D eigenvalue weighted by molar-refractivity contribution is 5.40. The molecular weight excluding hydrogens is 290 g/mol. The molecule has 0 saturated carbocycles. The van der Waals surface area contributed by atoms with E-state index in [2.05, 4.69) is 5.32 Å². The summed E-state index contributed by atoms with van der Waals surface area (Å²) in [5.41, 5.74) is 0. The fourth-order valence-electron chi connectivity index (χ4n) is 2.98. The van der Waals surface area contributed by atoms with E-state index in [4.69, 9.17) is 9.47 Å². The van der Waals surface area contributed by atoms with Crippen LogP contribution < -0.4 is 14.8 Å². The number of ether oxygens (including phenoxy) is 2. The van der Waals surface area contributed by atoms with Gasteiger partial charge in [-0.15, -0.1) is 0 Å².